The van der Waals surface area contributed by atoms with Crippen LogP contribution in [0.25, 0.3) is 22.4 Å². The van der Waals surface area contributed by atoms with Crippen LogP contribution >= 0.6 is 0 Å². The molecule has 174 valence electrons. The molecule has 0 bridgehead atoms. The van der Waals surface area contributed by atoms with Crippen LogP contribution in [-0.4, -0.2) is 35.6 Å². The Morgan fingerprint density at radius 1 is 0.914 bits per heavy atom. The van der Waals surface area contributed by atoms with Crippen molar-refractivity contribution in [3.05, 3.63) is 99.6 Å². The highest BCUT2D eigenvalue weighted by atomic mass is 16.3. The van der Waals surface area contributed by atoms with Crippen LogP contribution in [0.4, 0.5) is 5.82 Å². The highest BCUT2D eigenvalue weighted by molar-refractivity contribution is 6.04. The molecular weight excluding hydrogens is 444 g/mol. The number of amides is 1. The number of fused-ring (bicyclic) bond motifs is 1. The Morgan fingerprint density at radius 2 is 1.71 bits per heavy atom. The molecule has 2 aromatic carbocycles. The van der Waals surface area contributed by atoms with Crippen LogP contribution in [0, 0.1) is 20.8 Å². The minimum absolute atomic E-state index is 0.292. The maximum absolute atomic E-state index is 13.2. The minimum atomic E-state index is -0.692. The van der Waals surface area contributed by atoms with E-state index in [9.17, 15) is 14.7 Å². The normalized spacial score (nSPS) is 11.1. The lowest BCUT2D eigenvalue weighted by molar-refractivity contribution is 0.101. The first kappa shape index (κ1) is 22.0. The number of carbonyl (C=O) groups is 1. The molecule has 0 saturated heterocycles. The first-order valence-electron chi connectivity index (χ1n) is 11.0. The molecule has 0 radical (unpaired) electrons. The van der Waals surface area contributed by atoms with E-state index in [1.165, 1.54) is 4.68 Å². The number of nitrogens with zero attached hydrogens (tertiary/aromatic N) is 5. The highest BCUT2D eigenvalue weighted by Gasteiger charge is 2.20. The summed E-state index contributed by atoms with van der Waals surface area (Å²) in [6, 6.07) is 19.5. The molecule has 0 aliphatic carbocycles. The Kier molecular flexibility index (Phi) is 5.37. The van der Waals surface area contributed by atoms with E-state index in [-0.39, 0.29) is 5.69 Å². The zero-order chi connectivity index (χ0) is 24.7. The molecule has 0 spiro atoms. The van der Waals surface area contributed by atoms with Crippen LogP contribution < -0.4 is 10.9 Å². The van der Waals surface area contributed by atoms with Gasteiger partial charge in [0.05, 0.1) is 16.9 Å². The van der Waals surface area contributed by atoms with E-state index in [0.29, 0.717) is 23.0 Å². The molecule has 0 atom stereocenters. The third-order valence-corrected chi connectivity index (χ3v) is 5.57. The number of carbonyl (C=O) groups excluding carboxylic acids is 1. The third kappa shape index (κ3) is 4.15. The van der Waals surface area contributed by atoms with Crippen LogP contribution in [0.2, 0.25) is 0 Å². The molecule has 3 heterocycles. The number of hydrogen-bond donors (Lipinski definition) is 2. The van der Waals surface area contributed by atoms with Gasteiger partial charge in [0.2, 0.25) is 0 Å². The van der Waals surface area contributed by atoms with Crippen molar-refractivity contribution in [1.29, 1.82) is 0 Å². The predicted octanol–water partition coefficient (Wildman–Crippen LogP) is 3.85. The number of nitrogens with one attached hydrogen (secondary N) is 1. The fourth-order valence-corrected chi connectivity index (χ4v) is 3.93. The van der Waals surface area contributed by atoms with Gasteiger partial charge in [0.25, 0.3) is 11.5 Å². The Bertz CT molecular complexity index is 1670. The summed E-state index contributed by atoms with van der Waals surface area (Å²) in [6.07, 6.45) is 0. The summed E-state index contributed by atoms with van der Waals surface area (Å²) in [6.45, 7) is 5.67. The maximum Gasteiger partial charge on any atom is 0.281 e. The molecule has 35 heavy (non-hydrogen) atoms. The Balaban J connectivity index is 1.54. The zero-order valence-electron chi connectivity index (χ0n) is 19.4. The number of pyridine rings is 1. The number of hydrogen-bond acceptors (Lipinski definition) is 6. The Morgan fingerprint density at radius 3 is 2.51 bits per heavy atom. The van der Waals surface area contributed by atoms with Gasteiger partial charge in [-0.15, -0.1) is 0 Å². The molecule has 2 N–H and O–H groups in total. The summed E-state index contributed by atoms with van der Waals surface area (Å²) in [5.74, 6) is -0.322. The molecule has 5 rings (SSSR count). The Hall–Kier alpha value is -4.79. The van der Waals surface area contributed by atoms with Gasteiger partial charge in [-0.3, -0.25) is 9.59 Å². The SMILES string of the molecule is Cc1cccc(-n2nc(C(=O)Nc3cc(C)nn3-c3cc(C)c4ccccc4n3)c(O)cc2=O)c1. The summed E-state index contributed by atoms with van der Waals surface area (Å²) in [4.78, 5) is 30.3. The molecule has 0 aliphatic rings. The summed E-state index contributed by atoms with van der Waals surface area (Å²) >= 11 is 0. The molecule has 1 amide bonds. The predicted molar refractivity (Wildman–Crippen MR) is 133 cm³/mol. The number of rotatable bonds is 4. The third-order valence-electron chi connectivity index (χ3n) is 5.57. The molecule has 0 fully saturated rings. The zero-order valence-corrected chi connectivity index (χ0v) is 19.4. The molecule has 9 nitrogen and oxygen atoms in total. The molecular formula is C26H22N6O3. The van der Waals surface area contributed by atoms with E-state index >= 15 is 0 Å². The van der Waals surface area contributed by atoms with Gasteiger partial charge in [0.15, 0.2) is 17.3 Å². The van der Waals surface area contributed by atoms with Crippen molar-refractivity contribution in [3.8, 4) is 17.3 Å². The summed E-state index contributed by atoms with van der Waals surface area (Å²) in [7, 11) is 0. The van der Waals surface area contributed by atoms with E-state index in [0.717, 1.165) is 32.8 Å². The van der Waals surface area contributed by atoms with Gasteiger partial charge in [0, 0.05) is 17.5 Å². The second kappa shape index (κ2) is 8.53. The van der Waals surface area contributed by atoms with Crippen molar-refractivity contribution in [1.82, 2.24) is 24.5 Å². The van der Waals surface area contributed by atoms with Gasteiger partial charge >= 0.3 is 0 Å². The number of aryl methyl sites for hydroxylation is 3. The fourth-order valence-electron chi connectivity index (χ4n) is 3.93. The van der Waals surface area contributed by atoms with Crippen molar-refractivity contribution in [2.24, 2.45) is 0 Å². The number of aromatic nitrogens is 5. The first-order chi connectivity index (χ1) is 16.8. The van der Waals surface area contributed by atoms with Gasteiger partial charge in [-0.2, -0.15) is 19.6 Å². The number of aromatic hydroxyl groups is 1. The highest BCUT2D eigenvalue weighted by Crippen LogP contribution is 2.23. The maximum atomic E-state index is 13.2. The van der Waals surface area contributed by atoms with Crippen molar-refractivity contribution in [3.63, 3.8) is 0 Å². The van der Waals surface area contributed by atoms with Crippen molar-refractivity contribution in [2.45, 2.75) is 20.8 Å². The topological polar surface area (TPSA) is 115 Å². The van der Waals surface area contributed by atoms with Gasteiger partial charge in [-0.05, 0) is 56.2 Å². The molecule has 3 aromatic heterocycles. The van der Waals surface area contributed by atoms with Crippen LogP contribution in [0.3, 0.4) is 0 Å². The van der Waals surface area contributed by atoms with Crippen LogP contribution in [0.5, 0.6) is 5.75 Å². The van der Waals surface area contributed by atoms with E-state index < -0.39 is 17.2 Å². The van der Waals surface area contributed by atoms with Crippen LogP contribution in [-0.2, 0) is 0 Å². The standard InChI is InChI=1S/C26H22N6O3/c1-15-7-6-8-18(11-15)31-24(34)14-21(33)25(30-31)26(35)28-23-13-17(3)29-32(23)22-12-16(2)19-9-4-5-10-20(19)27-22/h4-14,33H,1-3H3,(H,28,35). The van der Waals surface area contributed by atoms with Crippen LogP contribution in [0.1, 0.15) is 27.3 Å². The van der Waals surface area contributed by atoms with Crippen molar-refractivity contribution < 1.29 is 9.90 Å². The van der Waals surface area contributed by atoms with Gasteiger partial charge < -0.3 is 10.4 Å². The second-order valence-corrected chi connectivity index (χ2v) is 8.32. The number of benzene rings is 2. The lowest BCUT2D eigenvalue weighted by Gasteiger charge is -2.12. The largest absolute Gasteiger partial charge is 0.505 e. The average Bonchev–Trinajstić information content (AvgIpc) is 3.19. The van der Waals surface area contributed by atoms with E-state index in [1.54, 1.807) is 31.2 Å². The Labute approximate surface area is 200 Å². The van der Waals surface area contributed by atoms with E-state index in [2.05, 4.69) is 15.5 Å². The van der Waals surface area contributed by atoms with E-state index in [1.807, 2.05) is 50.2 Å². The molecule has 0 unspecified atom stereocenters. The molecule has 0 aliphatic heterocycles. The fraction of sp³-hybridized carbons (Fsp3) is 0.115. The lowest BCUT2D eigenvalue weighted by atomic mass is 10.1. The second-order valence-electron chi connectivity index (χ2n) is 8.32. The minimum Gasteiger partial charge on any atom is -0.505 e. The molecule has 9 heteroatoms. The quantitative estimate of drug-likeness (QED) is 0.416. The van der Waals surface area contributed by atoms with Gasteiger partial charge in [0.1, 0.15) is 5.82 Å². The summed E-state index contributed by atoms with van der Waals surface area (Å²) < 4.78 is 2.61. The van der Waals surface area contributed by atoms with Crippen molar-refractivity contribution in [2.75, 3.05) is 5.32 Å². The number of para-hydroxylation sites is 1. The number of anilines is 1. The monoisotopic (exact) mass is 466 g/mol. The summed E-state index contributed by atoms with van der Waals surface area (Å²) in [5, 5.41) is 22.7. The summed E-state index contributed by atoms with van der Waals surface area (Å²) in [5.41, 5.74) is 3.04. The van der Waals surface area contributed by atoms with Crippen molar-refractivity contribution >= 4 is 22.6 Å². The average molecular weight is 467 g/mol. The molecule has 5 aromatic rings. The van der Waals surface area contributed by atoms with Gasteiger partial charge in [-0.1, -0.05) is 30.3 Å². The smallest absolute Gasteiger partial charge is 0.281 e. The molecule has 0 saturated carbocycles. The van der Waals surface area contributed by atoms with Crippen LogP contribution in [0.15, 0.2) is 71.5 Å². The van der Waals surface area contributed by atoms with E-state index in [4.69, 9.17) is 4.98 Å². The first-order valence-corrected chi connectivity index (χ1v) is 11.0. The lowest BCUT2D eigenvalue weighted by Crippen LogP contribution is -2.25. The van der Waals surface area contributed by atoms with Gasteiger partial charge in [-0.25, -0.2) is 4.98 Å².